The highest BCUT2D eigenvalue weighted by molar-refractivity contribution is 7.18. The van der Waals surface area contributed by atoms with Crippen molar-refractivity contribution in [2.75, 3.05) is 5.43 Å². The number of anilines is 1. The predicted octanol–water partition coefficient (Wildman–Crippen LogP) is 4.32. The lowest BCUT2D eigenvalue weighted by molar-refractivity contribution is 1.14. The molecule has 5 heteroatoms. The van der Waals surface area contributed by atoms with Gasteiger partial charge in [-0.3, -0.25) is 5.43 Å². The van der Waals surface area contributed by atoms with E-state index in [1.54, 1.807) is 17.7 Å². The van der Waals surface area contributed by atoms with E-state index in [-0.39, 0.29) is 0 Å². The van der Waals surface area contributed by atoms with Gasteiger partial charge in [0.1, 0.15) is 11.2 Å². The summed E-state index contributed by atoms with van der Waals surface area (Å²) in [6.07, 6.45) is 4.43. The number of rotatable bonds is 4. The minimum Gasteiger partial charge on any atom is -0.261 e. The number of hydrogen-bond acceptors (Lipinski definition) is 5. The molecule has 1 aromatic carbocycles. The molecular formula is C17H18N4S. The molecule has 0 aliphatic heterocycles. The number of nitrogens with zero attached hydrogens (tertiary/aromatic N) is 3. The van der Waals surface area contributed by atoms with Crippen LogP contribution in [0.15, 0.2) is 35.7 Å². The lowest BCUT2D eigenvalue weighted by Gasteiger charge is -2.02. The average Bonchev–Trinajstić information content (AvgIpc) is 2.84. The highest BCUT2D eigenvalue weighted by Crippen LogP contribution is 2.32. The van der Waals surface area contributed by atoms with Crippen LogP contribution in [-0.2, 0) is 6.42 Å². The summed E-state index contributed by atoms with van der Waals surface area (Å²) in [5.74, 6) is 0.758. The predicted molar refractivity (Wildman–Crippen MR) is 93.9 cm³/mol. The smallest absolute Gasteiger partial charge is 0.158 e. The van der Waals surface area contributed by atoms with Crippen LogP contribution in [0.25, 0.3) is 10.2 Å². The standard InChI is InChI=1S/C17H18N4S/c1-4-13-5-7-14(8-6-13)9-20-21-16-15-11(2)12(3)22-17(15)19-10-18-16/h5-10H,4H2,1-3H3,(H,18,19,21)/b20-9-. The molecule has 0 spiro atoms. The van der Waals surface area contributed by atoms with Crippen LogP contribution in [0.4, 0.5) is 5.82 Å². The fourth-order valence-corrected chi connectivity index (χ4v) is 3.27. The summed E-state index contributed by atoms with van der Waals surface area (Å²) in [7, 11) is 0. The van der Waals surface area contributed by atoms with Crippen molar-refractivity contribution in [3.05, 3.63) is 52.2 Å². The summed E-state index contributed by atoms with van der Waals surface area (Å²) in [4.78, 5) is 10.9. The van der Waals surface area contributed by atoms with Crippen molar-refractivity contribution in [1.82, 2.24) is 9.97 Å². The van der Waals surface area contributed by atoms with E-state index in [0.717, 1.165) is 28.0 Å². The van der Waals surface area contributed by atoms with Crippen molar-refractivity contribution in [1.29, 1.82) is 0 Å². The molecule has 0 bridgehead atoms. The lowest BCUT2D eigenvalue weighted by Crippen LogP contribution is -1.95. The van der Waals surface area contributed by atoms with E-state index in [9.17, 15) is 0 Å². The van der Waals surface area contributed by atoms with Crippen molar-refractivity contribution in [3.8, 4) is 0 Å². The first kappa shape index (κ1) is 14.7. The summed E-state index contributed by atoms with van der Waals surface area (Å²) in [6, 6.07) is 8.38. The number of fused-ring (bicyclic) bond motifs is 1. The maximum Gasteiger partial charge on any atom is 0.158 e. The summed E-state index contributed by atoms with van der Waals surface area (Å²) in [6.45, 7) is 6.34. The van der Waals surface area contributed by atoms with Crippen LogP contribution in [0.3, 0.4) is 0 Å². The van der Waals surface area contributed by atoms with Gasteiger partial charge in [-0.2, -0.15) is 5.10 Å². The van der Waals surface area contributed by atoms with Crippen LogP contribution in [0.1, 0.15) is 28.5 Å². The fourth-order valence-electron chi connectivity index (χ4n) is 2.27. The van der Waals surface area contributed by atoms with Crippen LogP contribution < -0.4 is 5.43 Å². The molecular weight excluding hydrogens is 292 g/mol. The molecule has 0 saturated heterocycles. The first-order valence-electron chi connectivity index (χ1n) is 7.27. The molecule has 22 heavy (non-hydrogen) atoms. The molecule has 0 saturated carbocycles. The van der Waals surface area contributed by atoms with Gasteiger partial charge >= 0.3 is 0 Å². The third-order valence-corrected chi connectivity index (χ3v) is 4.85. The zero-order chi connectivity index (χ0) is 15.5. The highest BCUT2D eigenvalue weighted by atomic mass is 32.1. The number of nitrogens with one attached hydrogen (secondary N) is 1. The average molecular weight is 310 g/mol. The number of aryl methyl sites for hydroxylation is 3. The molecule has 0 radical (unpaired) electrons. The summed E-state index contributed by atoms with van der Waals surface area (Å²) in [5.41, 5.74) is 6.65. The van der Waals surface area contributed by atoms with Gasteiger partial charge in [-0.1, -0.05) is 31.2 Å². The minimum atomic E-state index is 0.758. The van der Waals surface area contributed by atoms with Crippen molar-refractivity contribution in [2.24, 2.45) is 5.10 Å². The van der Waals surface area contributed by atoms with Gasteiger partial charge in [-0.15, -0.1) is 11.3 Å². The minimum absolute atomic E-state index is 0.758. The molecule has 1 N–H and O–H groups in total. The molecule has 2 aromatic heterocycles. The molecule has 0 aliphatic rings. The zero-order valence-electron chi connectivity index (χ0n) is 12.9. The molecule has 0 aliphatic carbocycles. The van der Waals surface area contributed by atoms with Crippen LogP contribution in [0.2, 0.25) is 0 Å². The summed E-state index contributed by atoms with van der Waals surface area (Å²) in [5, 5.41) is 5.37. The van der Waals surface area contributed by atoms with Crippen LogP contribution in [0.5, 0.6) is 0 Å². The lowest BCUT2D eigenvalue weighted by atomic mass is 10.1. The van der Waals surface area contributed by atoms with Crippen LogP contribution >= 0.6 is 11.3 Å². The van der Waals surface area contributed by atoms with Crippen molar-refractivity contribution in [2.45, 2.75) is 27.2 Å². The maximum atomic E-state index is 4.32. The molecule has 112 valence electrons. The SMILES string of the molecule is CCc1ccc(/C=N\Nc2ncnc3sc(C)c(C)c23)cc1. The second kappa shape index (κ2) is 6.23. The Kier molecular flexibility index (Phi) is 4.15. The Morgan fingerprint density at radius 1 is 1.18 bits per heavy atom. The number of hydrazone groups is 1. The highest BCUT2D eigenvalue weighted by Gasteiger charge is 2.11. The van der Waals surface area contributed by atoms with E-state index >= 15 is 0 Å². The molecule has 0 atom stereocenters. The summed E-state index contributed by atoms with van der Waals surface area (Å²) < 4.78 is 0. The Balaban J connectivity index is 1.82. The van der Waals surface area contributed by atoms with Gasteiger partial charge in [0.2, 0.25) is 0 Å². The quantitative estimate of drug-likeness (QED) is 0.577. The van der Waals surface area contributed by atoms with Gasteiger partial charge < -0.3 is 0 Å². The fraction of sp³-hybridized carbons (Fsp3) is 0.235. The van der Waals surface area contributed by atoms with Gasteiger partial charge in [0, 0.05) is 4.88 Å². The molecule has 3 rings (SSSR count). The summed E-state index contributed by atoms with van der Waals surface area (Å²) >= 11 is 1.68. The van der Waals surface area contributed by atoms with E-state index in [1.807, 2.05) is 6.21 Å². The van der Waals surface area contributed by atoms with Gasteiger partial charge in [-0.05, 0) is 37.0 Å². The van der Waals surface area contributed by atoms with E-state index in [1.165, 1.54) is 16.0 Å². The second-order valence-electron chi connectivity index (χ2n) is 5.15. The van der Waals surface area contributed by atoms with Gasteiger partial charge in [-0.25, -0.2) is 9.97 Å². The van der Waals surface area contributed by atoms with Crippen molar-refractivity contribution >= 4 is 33.6 Å². The molecule has 0 amide bonds. The van der Waals surface area contributed by atoms with Crippen LogP contribution in [0, 0.1) is 13.8 Å². The molecule has 3 aromatic rings. The van der Waals surface area contributed by atoms with Crippen molar-refractivity contribution in [3.63, 3.8) is 0 Å². The molecule has 0 fully saturated rings. The van der Waals surface area contributed by atoms with Gasteiger partial charge in [0.15, 0.2) is 5.82 Å². The van der Waals surface area contributed by atoms with E-state index in [0.29, 0.717) is 0 Å². The maximum absolute atomic E-state index is 4.32. The monoisotopic (exact) mass is 310 g/mol. The number of thiophene rings is 1. The molecule has 2 heterocycles. The van der Waals surface area contributed by atoms with Crippen LogP contribution in [-0.4, -0.2) is 16.2 Å². The third-order valence-electron chi connectivity index (χ3n) is 3.74. The molecule has 0 unspecified atom stereocenters. The Labute approximate surface area is 133 Å². The first-order chi connectivity index (χ1) is 10.7. The topological polar surface area (TPSA) is 50.2 Å². The van der Waals surface area contributed by atoms with E-state index in [4.69, 9.17) is 0 Å². The first-order valence-corrected chi connectivity index (χ1v) is 8.09. The number of hydrogen-bond donors (Lipinski definition) is 1. The molecule has 4 nitrogen and oxygen atoms in total. The van der Waals surface area contributed by atoms with Crippen molar-refractivity contribution < 1.29 is 0 Å². The Morgan fingerprint density at radius 2 is 1.95 bits per heavy atom. The van der Waals surface area contributed by atoms with Gasteiger partial charge in [0.25, 0.3) is 0 Å². The Hall–Kier alpha value is -2.27. The largest absolute Gasteiger partial charge is 0.261 e. The Morgan fingerprint density at radius 3 is 2.68 bits per heavy atom. The Bertz CT molecular complexity index is 819. The normalized spacial score (nSPS) is 11.4. The third kappa shape index (κ3) is 2.85. The number of benzene rings is 1. The van der Waals surface area contributed by atoms with E-state index < -0.39 is 0 Å². The van der Waals surface area contributed by atoms with E-state index in [2.05, 4.69) is 65.5 Å². The zero-order valence-corrected chi connectivity index (χ0v) is 13.7. The number of aromatic nitrogens is 2. The van der Waals surface area contributed by atoms with Gasteiger partial charge in [0.05, 0.1) is 11.6 Å². The second-order valence-corrected chi connectivity index (χ2v) is 6.35.